The molecule has 1 N–H and O–H groups in total. The molecule has 2 bridgehead atoms. The highest BCUT2D eigenvalue weighted by molar-refractivity contribution is 5.46. The Morgan fingerprint density at radius 2 is 1.62 bits per heavy atom. The van der Waals surface area contributed by atoms with E-state index < -0.39 is 0 Å². The van der Waals surface area contributed by atoms with Crippen LogP contribution >= 0.6 is 0 Å². The zero-order valence-corrected chi connectivity index (χ0v) is 9.55. The smallest absolute Gasteiger partial charge is 0.0630 e. The lowest BCUT2D eigenvalue weighted by Gasteiger charge is -2.46. The number of benzene rings is 1. The van der Waals surface area contributed by atoms with Crippen molar-refractivity contribution in [1.82, 2.24) is 0 Å². The highest BCUT2D eigenvalue weighted by Crippen LogP contribution is 2.36. The summed E-state index contributed by atoms with van der Waals surface area (Å²) < 4.78 is 0. The molecule has 1 aliphatic carbocycles. The Morgan fingerprint density at radius 1 is 1.00 bits per heavy atom. The fourth-order valence-corrected chi connectivity index (χ4v) is 3.26. The zero-order valence-electron chi connectivity index (χ0n) is 9.55. The van der Waals surface area contributed by atoms with E-state index >= 15 is 0 Å². The highest BCUT2D eigenvalue weighted by Gasteiger charge is 2.38. The van der Waals surface area contributed by atoms with Crippen LogP contribution in [0.2, 0.25) is 0 Å². The quantitative estimate of drug-likeness (QED) is 0.780. The van der Waals surface area contributed by atoms with Gasteiger partial charge in [-0.15, -0.1) is 0 Å². The third-order valence-electron chi connectivity index (χ3n) is 4.15. The molecule has 0 spiro atoms. The Kier molecular flexibility index (Phi) is 2.60. The molecule has 2 atom stereocenters. The van der Waals surface area contributed by atoms with E-state index in [0.29, 0.717) is 11.8 Å². The van der Waals surface area contributed by atoms with Crippen molar-refractivity contribution in [2.24, 2.45) is 11.8 Å². The van der Waals surface area contributed by atoms with Gasteiger partial charge in [-0.3, -0.25) is 0 Å². The van der Waals surface area contributed by atoms with Crippen LogP contribution < -0.4 is 4.90 Å². The summed E-state index contributed by atoms with van der Waals surface area (Å²) in [5, 5.41) is 10.1. The van der Waals surface area contributed by atoms with Gasteiger partial charge in [-0.2, -0.15) is 0 Å². The standard InChI is InChI=1S/C14H19NO/c16-14-11-5-4-6-12(14)10-15(9-11)13-7-2-1-3-8-13/h1-3,7-8,11-12,14,16H,4-6,9-10H2. The average molecular weight is 217 g/mol. The van der Waals surface area contributed by atoms with E-state index in [1.54, 1.807) is 0 Å². The first-order chi connectivity index (χ1) is 7.84. The molecular weight excluding hydrogens is 198 g/mol. The van der Waals surface area contributed by atoms with Crippen molar-refractivity contribution < 1.29 is 5.11 Å². The van der Waals surface area contributed by atoms with Crippen molar-refractivity contribution in [2.75, 3.05) is 18.0 Å². The van der Waals surface area contributed by atoms with Gasteiger partial charge in [0, 0.05) is 30.6 Å². The monoisotopic (exact) mass is 217 g/mol. The minimum atomic E-state index is -0.0475. The molecule has 2 nitrogen and oxygen atoms in total. The average Bonchev–Trinajstić information content (AvgIpc) is 2.30. The Morgan fingerprint density at radius 3 is 2.25 bits per heavy atom. The van der Waals surface area contributed by atoms with Gasteiger partial charge in [0.05, 0.1) is 6.10 Å². The van der Waals surface area contributed by atoms with E-state index in [-0.39, 0.29) is 6.10 Å². The molecular formula is C14H19NO. The van der Waals surface area contributed by atoms with E-state index in [0.717, 1.165) is 13.1 Å². The fourth-order valence-electron chi connectivity index (χ4n) is 3.26. The normalized spacial score (nSPS) is 33.8. The lowest BCUT2D eigenvalue weighted by atomic mass is 9.75. The van der Waals surface area contributed by atoms with Gasteiger partial charge >= 0.3 is 0 Å². The van der Waals surface area contributed by atoms with Crippen LogP contribution in [0.25, 0.3) is 0 Å². The zero-order chi connectivity index (χ0) is 11.0. The second-order valence-electron chi connectivity index (χ2n) is 5.18. The number of rotatable bonds is 1. The number of hydrogen-bond acceptors (Lipinski definition) is 2. The number of para-hydroxylation sites is 1. The van der Waals surface area contributed by atoms with Crippen LogP contribution in [0.1, 0.15) is 19.3 Å². The summed E-state index contributed by atoms with van der Waals surface area (Å²) in [5.74, 6) is 0.986. The van der Waals surface area contributed by atoms with Crippen molar-refractivity contribution in [3.05, 3.63) is 30.3 Å². The van der Waals surface area contributed by atoms with Crippen LogP contribution in [-0.4, -0.2) is 24.3 Å². The predicted octanol–water partition coefficient (Wildman–Crippen LogP) is 2.28. The second-order valence-corrected chi connectivity index (χ2v) is 5.18. The minimum absolute atomic E-state index is 0.0475. The van der Waals surface area contributed by atoms with Gasteiger partial charge in [0.15, 0.2) is 0 Å². The molecule has 0 radical (unpaired) electrons. The van der Waals surface area contributed by atoms with Crippen molar-refractivity contribution in [1.29, 1.82) is 0 Å². The summed E-state index contributed by atoms with van der Waals surface area (Å²) in [6, 6.07) is 10.6. The molecule has 1 saturated heterocycles. The summed E-state index contributed by atoms with van der Waals surface area (Å²) in [7, 11) is 0. The van der Waals surface area contributed by atoms with Crippen LogP contribution in [0, 0.1) is 11.8 Å². The van der Waals surface area contributed by atoms with Crippen molar-refractivity contribution in [3.8, 4) is 0 Å². The molecule has 2 unspecified atom stereocenters. The van der Waals surface area contributed by atoms with E-state index in [1.165, 1.54) is 24.9 Å². The third kappa shape index (κ3) is 1.71. The molecule has 1 saturated carbocycles. The van der Waals surface area contributed by atoms with Crippen LogP contribution in [0.5, 0.6) is 0 Å². The van der Waals surface area contributed by atoms with Gasteiger partial charge in [-0.25, -0.2) is 0 Å². The van der Waals surface area contributed by atoms with Gasteiger partial charge < -0.3 is 10.0 Å². The third-order valence-corrected chi connectivity index (χ3v) is 4.15. The van der Waals surface area contributed by atoms with Gasteiger partial charge in [0.1, 0.15) is 0 Å². The van der Waals surface area contributed by atoms with Crippen molar-refractivity contribution in [2.45, 2.75) is 25.4 Å². The molecule has 86 valence electrons. The molecule has 0 aromatic heterocycles. The molecule has 1 aliphatic heterocycles. The summed E-state index contributed by atoms with van der Waals surface area (Å²) in [4.78, 5) is 2.45. The van der Waals surface area contributed by atoms with Gasteiger partial charge in [0.2, 0.25) is 0 Å². The van der Waals surface area contributed by atoms with Crippen LogP contribution in [0.3, 0.4) is 0 Å². The van der Waals surface area contributed by atoms with E-state index in [1.807, 2.05) is 0 Å². The van der Waals surface area contributed by atoms with Crippen molar-refractivity contribution >= 4 is 5.69 Å². The largest absolute Gasteiger partial charge is 0.392 e. The molecule has 2 fully saturated rings. The molecule has 3 rings (SSSR count). The van der Waals surface area contributed by atoms with Gasteiger partial charge in [0.25, 0.3) is 0 Å². The SMILES string of the molecule is OC1C2CCCC1CN(c1ccccc1)C2. The molecule has 1 aromatic carbocycles. The van der Waals surface area contributed by atoms with E-state index in [9.17, 15) is 5.11 Å². The van der Waals surface area contributed by atoms with Gasteiger partial charge in [-0.05, 0) is 25.0 Å². The maximum Gasteiger partial charge on any atom is 0.0630 e. The van der Waals surface area contributed by atoms with Crippen LogP contribution in [0.4, 0.5) is 5.69 Å². The number of piperidine rings is 1. The first-order valence-electron chi connectivity index (χ1n) is 6.32. The maximum atomic E-state index is 10.1. The summed E-state index contributed by atoms with van der Waals surface area (Å²) in [5.41, 5.74) is 1.31. The van der Waals surface area contributed by atoms with Crippen molar-refractivity contribution in [3.63, 3.8) is 0 Å². The molecule has 1 heterocycles. The Labute approximate surface area is 96.9 Å². The maximum absolute atomic E-state index is 10.1. The van der Waals surface area contributed by atoms with Crippen LogP contribution in [0.15, 0.2) is 30.3 Å². The Balaban J connectivity index is 1.80. The minimum Gasteiger partial charge on any atom is -0.392 e. The number of anilines is 1. The summed E-state index contributed by atoms with van der Waals surface area (Å²) in [6.07, 6.45) is 3.64. The summed E-state index contributed by atoms with van der Waals surface area (Å²) in [6.45, 7) is 2.06. The second kappa shape index (κ2) is 4.10. The number of aliphatic hydroxyl groups excluding tert-OH is 1. The number of aliphatic hydroxyl groups is 1. The lowest BCUT2D eigenvalue weighted by molar-refractivity contribution is 0.00599. The molecule has 2 aliphatic rings. The number of hydrogen-bond donors (Lipinski definition) is 1. The number of nitrogens with zero attached hydrogens (tertiary/aromatic N) is 1. The topological polar surface area (TPSA) is 23.5 Å². The number of fused-ring (bicyclic) bond motifs is 2. The lowest BCUT2D eigenvalue weighted by Crippen LogP contribution is -2.51. The molecule has 16 heavy (non-hydrogen) atoms. The predicted molar refractivity (Wildman–Crippen MR) is 65.5 cm³/mol. The highest BCUT2D eigenvalue weighted by atomic mass is 16.3. The molecule has 1 aromatic rings. The Hall–Kier alpha value is -1.02. The first kappa shape index (κ1) is 10.2. The van der Waals surface area contributed by atoms with Crippen LogP contribution in [-0.2, 0) is 0 Å². The van der Waals surface area contributed by atoms with E-state index in [2.05, 4.69) is 35.2 Å². The van der Waals surface area contributed by atoms with Gasteiger partial charge in [-0.1, -0.05) is 24.6 Å². The first-order valence-corrected chi connectivity index (χ1v) is 6.32. The molecule has 2 heteroatoms. The Bertz CT molecular complexity index is 337. The fraction of sp³-hybridized carbons (Fsp3) is 0.571. The van der Waals surface area contributed by atoms with E-state index in [4.69, 9.17) is 0 Å². The molecule has 0 amide bonds. The summed E-state index contributed by atoms with van der Waals surface area (Å²) >= 11 is 0.